The molecule has 0 amide bonds. The molecule has 1 saturated heterocycles. The van der Waals surface area contributed by atoms with Crippen LogP contribution in [0.15, 0.2) is 42.7 Å². The number of nitrogens with one attached hydrogen (secondary N) is 1. The quantitative estimate of drug-likeness (QED) is 0.774. The molecule has 0 spiro atoms. The number of rotatable bonds is 3. The lowest BCUT2D eigenvalue weighted by Crippen LogP contribution is -2.28. The normalized spacial score (nSPS) is 16.0. The first-order chi connectivity index (χ1) is 11.3. The first-order valence-electron chi connectivity index (χ1n) is 8.34. The van der Waals surface area contributed by atoms with Gasteiger partial charge in [-0.15, -0.1) is 0 Å². The fourth-order valence-corrected chi connectivity index (χ4v) is 3.36. The molecule has 0 radical (unpaired) electrons. The number of hydrogen-bond acceptors (Lipinski definition) is 3. The number of anilines is 1. The maximum atomic E-state index is 5.97. The van der Waals surface area contributed by atoms with Gasteiger partial charge < -0.3 is 10.7 Å². The van der Waals surface area contributed by atoms with Crippen LogP contribution in [0.2, 0.25) is 0 Å². The van der Waals surface area contributed by atoms with Crippen LogP contribution in [0.4, 0.5) is 5.69 Å². The summed E-state index contributed by atoms with van der Waals surface area (Å²) in [6.45, 7) is 3.52. The number of nitrogens with zero attached hydrogens (tertiary/aromatic N) is 2. The average Bonchev–Trinajstić information content (AvgIpc) is 2.97. The van der Waals surface area contributed by atoms with Gasteiger partial charge in [-0.1, -0.05) is 30.7 Å². The van der Waals surface area contributed by atoms with Crippen molar-refractivity contribution in [3.05, 3.63) is 48.3 Å². The Bertz CT molecular complexity index is 798. The van der Waals surface area contributed by atoms with Crippen LogP contribution in [0.5, 0.6) is 0 Å². The zero-order valence-corrected chi connectivity index (χ0v) is 13.3. The number of likely N-dealkylation sites (tertiary alicyclic amines) is 1. The SMILES string of the molecule is Nc1c[nH]c2ncc(-c3ccc(CN4CCCCC4)cc3)cc12. The van der Waals surface area contributed by atoms with Gasteiger partial charge in [-0.05, 0) is 43.1 Å². The molecule has 1 fully saturated rings. The number of fused-ring (bicyclic) bond motifs is 1. The summed E-state index contributed by atoms with van der Waals surface area (Å²) in [5.41, 5.74) is 11.2. The molecule has 4 rings (SSSR count). The number of nitrogen functional groups attached to an aromatic ring is 1. The summed E-state index contributed by atoms with van der Waals surface area (Å²) in [6.07, 6.45) is 7.75. The van der Waals surface area contributed by atoms with E-state index in [0.717, 1.165) is 28.8 Å². The highest BCUT2D eigenvalue weighted by atomic mass is 15.1. The molecule has 0 aliphatic carbocycles. The van der Waals surface area contributed by atoms with E-state index in [1.54, 1.807) is 6.20 Å². The van der Waals surface area contributed by atoms with Crippen LogP contribution < -0.4 is 5.73 Å². The lowest BCUT2D eigenvalue weighted by atomic mass is 10.0. The van der Waals surface area contributed by atoms with Crippen LogP contribution in [0, 0.1) is 0 Å². The molecular weight excluding hydrogens is 284 g/mol. The van der Waals surface area contributed by atoms with Crippen LogP contribution in [0.1, 0.15) is 24.8 Å². The molecule has 3 N–H and O–H groups in total. The van der Waals surface area contributed by atoms with E-state index in [1.807, 2.05) is 6.20 Å². The molecule has 23 heavy (non-hydrogen) atoms. The van der Waals surface area contributed by atoms with E-state index < -0.39 is 0 Å². The summed E-state index contributed by atoms with van der Waals surface area (Å²) in [6, 6.07) is 10.9. The summed E-state index contributed by atoms with van der Waals surface area (Å²) in [4.78, 5) is 10.1. The summed E-state index contributed by atoms with van der Waals surface area (Å²) >= 11 is 0. The molecule has 3 heterocycles. The number of aromatic amines is 1. The van der Waals surface area contributed by atoms with E-state index in [0.29, 0.717) is 0 Å². The minimum Gasteiger partial charge on any atom is -0.397 e. The Balaban J connectivity index is 1.55. The Kier molecular flexibility index (Phi) is 3.75. The molecule has 2 aromatic heterocycles. The molecule has 0 unspecified atom stereocenters. The molecule has 0 saturated carbocycles. The summed E-state index contributed by atoms with van der Waals surface area (Å²) in [5, 5.41) is 0.986. The molecule has 4 nitrogen and oxygen atoms in total. The second-order valence-corrected chi connectivity index (χ2v) is 6.40. The van der Waals surface area contributed by atoms with Gasteiger partial charge in [-0.25, -0.2) is 4.98 Å². The molecule has 4 heteroatoms. The van der Waals surface area contributed by atoms with Gasteiger partial charge in [0.15, 0.2) is 0 Å². The van der Waals surface area contributed by atoms with Crippen molar-refractivity contribution in [1.82, 2.24) is 14.9 Å². The highest BCUT2D eigenvalue weighted by Crippen LogP contribution is 2.26. The van der Waals surface area contributed by atoms with Gasteiger partial charge in [-0.3, -0.25) is 4.90 Å². The number of pyridine rings is 1. The number of H-pyrrole nitrogens is 1. The summed E-state index contributed by atoms with van der Waals surface area (Å²) in [7, 11) is 0. The second kappa shape index (κ2) is 6.05. The van der Waals surface area contributed by atoms with Gasteiger partial charge in [0, 0.05) is 29.9 Å². The van der Waals surface area contributed by atoms with Gasteiger partial charge in [0.1, 0.15) is 5.65 Å². The number of hydrogen-bond donors (Lipinski definition) is 2. The first kappa shape index (κ1) is 14.3. The van der Waals surface area contributed by atoms with Crippen molar-refractivity contribution in [1.29, 1.82) is 0 Å². The number of benzene rings is 1. The second-order valence-electron chi connectivity index (χ2n) is 6.40. The van der Waals surface area contributed by atoms with Crippen LogP contribution in [-0.4, -0.2) is 28.0 Å². The predicted molar refractivity (Wildman–Crippen MR) is 95.1 cm³/mol. The van der Waals surface area contributed by atoms with E-state index in [2.05, 4.69) is 45.2 Å². The van der Waals surface area contributed by atoms with E-state index >= 15 is 0 Å². The highest BCUT2D eigenvalue weighted by Gasteiger charge is 2.10. The minimum absolute atomic E-state index is 0.746. The van der Waals surface area contributed by atoms with E-state index in [4.69, 9.17) is 5.73 Å². The maximum absolute atomic E-state index is 5.97. The van der Waals surface area contributed by atoms with Gasteiger partial charge in [0.05, 0.1) is 5.69 Å². The third kappa shape index (κ3) is 2.94. The third-order valence-electron chi connectivity index (χ3n) is 4.71. The van der Waals surface area contributed by atoms with Crippen molar-refractivity contribution in [2.24, 2.45) is 0 Å². The van der Waals surface area contributed by atoms with Crippen LogP contribution in [-0.2, 0) is 6.54 Å². The zero-order valence-electron chi connectivity index (χ0n) is 13.3. The van der Waals surface area contributed by atoms with Gasteiger partial charge in [0.2, 0.25) is 0 Å². The molecule has 0 bridgehead atoms. The molecular formula is C19H22N4. The van der Waals surface area contributed by atoms with Crippen molar-refractivity contribution >= 4 is 16.7 Å². The van der Waals surface area contributed by atoms with Crippen molar-refractivity contribution in [2.45, 2.75) is 25.8 Å². The van der Waals surface area contributed by atoms with Crippen LogP contribution in [0.3, 0.4) is 0 Å². The fraction of sp³-hybridized carbons (Fsp3) is 0.316. The lowest BCUT2D eigenvalue weighted by molar-refractivity contribution is 0.221. The third-order valence-corrected chi connectivity index (χ3v) is 4.71. The molecule has 0 atom stereocenters. The van der Waals surface area contributed by atoms with Crippen LogP contribution in [0.25, 0.3) is 22.2 Å². The molecule has 118 valence electrons. The zero-order chi connectivity index (χ0) is 15.6. The monoisotopic (exact) mass is 306 g/mol. The number of nitrogens with two attached hydrogens (primary N) is 1. The van der Waals surface area contributed by atoms with Crippen LogP contribution >= 0.6 is 0 Å². The average molecular weight is 306 g/mol. The summed E-state index contributed by atoms with van der Waals surface area (Å²) < 4.78 is 0. The van der Waals surface area contributed by atoms with Crippen molar-refractivity contribution in [3.63, 3.8) is 0 Å². The van der Waals surface area contributed by atoms with Gasteiger partial charge in [0.25, 0.3) is 0 Å². The Morgan fingerprint density at radius 1 is 1.04 bits per heavy atom. The predicted octanol–water partition coefficient (Wildman–Crippen LogP) is 3.80. The van der Waals surface area contributed by atoms with Gasteiger partial charge >= 0.3 is 0 Å². The van der Waals surface area contributed by atoms with Crippen molar-refractivity contribution in [2.75, 3.05) is 18.8 Å². The van der Waals surface area contributed by atoms with E-state index in [-0.39, 0.29) is 0 Å². The fourth-order valence-electron chi connectivity index (χ4n) is 3.36. The smallest absolute Gasteiger partial charge is 0.139 e. The largest absolute Gasteiger partial charge is 0.397 e. The first-order valence-corrected chi connectivity index (χ1v) is 8.34. The minimum atomic E-state index is 0.746. The standard InChI is InChI=1S/C19H22N4/c20-18-12-22-19-17(18)10-16(11-21-19)15-6-4-14(5-7-15)13-23-8-2-1-3-9-23/h4-7,10-12H,1-3,8-9,13,20H2,(H,21,22). The topological polar surface area (TPSA) is 57.9 Å². The molecule has 1 aromatic carbocycles. The Labute approximate surface area is 136 Å². The number of piperidine rings is 1. The Morgan fingerprint density at radius 3 is 2.61 bits per heavy atom. The molecule has 1 aliphatic heterocycles. The molecule has 3 aromatic rings. The molecule has 1 aliphatic rings. The maximum Gasteiger partial charge on any atom is 0.139 e. The van der Waals surface area contributed by atoms with Gasteiger partial charge in [-0.2, -0.15) is 0 Å². The number of aromatic nitrogens is 2. The van der Waals surface area contributed by atoms with E-state index in [1.165, 1.54) is 43.5 Å². The van der Waals surface area contributed by atoms with Crippen molar-refractivity contribution < 1.29 is 0 Å². The highest BCUT2D eigenvalue weighted by molar-refractivity contribution is 5.91. The lowest BCUT2D eigenvalue weighted by Gasteiger charge is -2.26. The summed E-state index contributed by atoms with van der Waals surface area (Å²) in [5.74, 6) is 0. The Morgan fingerprint density at radius 2 is 1.83 bits per heavy atom. The van der Waals surface area contributed by atoms with E-state index in [9.17, 15) is 0 Å². The Hall–Kier alpha value is -2.33. The van der Waals surface area contributed by atoms with Crippen molar-refractivity contribution in [3.8, 4) is 11.1 Å².